The van der Waals surface area contributed by atoms with E-state index in [1.165, 1.54) is 0 Å². The Morgan fingerprint density at radius 2 is 1.56 bits per heavy atom. The largest absolute Gasteiger partial charge is 0.492 e. The molecule has 1 aromatic rings. The SMILES string of the molecule is CCCCOc1cc(OCCCC)c(I)cc1Br. The van der Waals surface area contributed by atoms with Gasteiger partial charge in [-0.2, -0.15) is 0 Å². The zero-order valence-electron chi connectivity index (χ0n) is 11.0. The van der Waals surface area contributed by atoms with Crippen LogP contribution in [0.3, 0.4) is 0 Å². The summed E-state index contributed by atoms with van der Waals surface area (Å²) >= 11 is 5.82. The maximum absolute atomic E-state index is 5.77. The molecule has 0 aromatic heterocycles. The second-order valence-electron chi connectivity index (χ2n) is 4.12. The number of unbranched alkanes of at least 4 members (excludes halogenated alkanes) is 2. The summed E-state index contributed by atoms with van der Waals surface area (Å²) in [6.07, 6.45) is 4.44. The molecule has 0 saturated carbocycles. The molecule has 0 aliphatic carbocycles. The van der Waals surface area contributed by atoms with Crippen LogP contribution in [-0.4, -0.2) is 13.2 Å². The second kappa shape index (κ2) is 9.02. The van der Waals surface area contributed by atoms with Crippen LogP contribution in [0, 0.1) is 3.57 Å². The van der Waals surface area contributed by atoms with E-state index in [0.29, 0.717) is 0 Å². The lowest BCUT2D eigenvalue weighted by molar-refractivity contribution is 0.291. The third-order valence-corrected chi connectivity index (χ3v) is 3.96. The predicted octanol–water partition coefficient (Wildman–Crippen LogP) is 5.41. The van der Waals surface area contributed by atoms with Gasteiger partial charge in [0.25, 0.3) is 0 Å². The van der Waals surface area contributed by atoms with Crippen molar-refractivity contribution < 1.29 is 9.47 Å². The lowest BCUT2D eigenvalue weighted by Gasteiger charge is -2.12. The standard InChI is InChI=1S/C14H20BrIO2/c1-3-5-7-17-13-10-14(18-8-6-4-2)12(16)9-11(13)15/h9-10H,3-8H2,1-2H3. The average molecular weight is 427 g/mol. The Morgan fingerprint density at radius 3 is 2.11 bits per heavy atom. The highest BCUT2D eigenvalue weighted by Gasteiger charge is 2.08. The van der Waals surface area contributed by atoms with Gasteiger partial charge in [0.2, 0.25) is 0 Å². The van der Waals surface area contributed by atoms with Gasteiger partial charge in [0.1, 0.15) is 11.5 Å². The molecule has 0 heterocycles. The monoisotopic (exact) mass is 426 g/mol. The van der Waals surface area contributed by atoms with Crippen molar-refractivity contribution in [3.63, 3.8) is 0 Å². The number of benzene rings is 1. The molecule has 0 radical (unpaired) electrons. The van der Waals surface area contributed by atoms with Crippen LogP contribution >= 0.6 is 38.5 Å². The number of hydrogen-bond acceptors (Lipinski definition) is 2. The summed E-state index contributed by atoms with van der Waals surface area (Å²) in [5.41, 5.74) is 0. The van der Waals surface area contributed by atoms with E-state index in [0.717, 1.165) is 58.4 Å². The summed E-state index contributed by atoms with van der Waals surface area (Å²) in [4.78, 5) is 0. The fourth-order valence-corrected chi connectivity index (χ4v) is 2.89. The Bertz CT molecular complexity index is 338. The molecule has 102 valence electrons. The van der Waals surface area contributed by atoms with E-state index >= 15 is 0 Å². The zero-order valence-corrected chi connectivity index (χ0v) is 14.7. The Labute approximate surface area is 132 Å². The van der Waals surface area contributed by atoms with Gasteiger partial charge in [0.05, 0.1) is 21.3 Å². The Morgan fingerprint density at radius 1 is 1.00 bits per heavy atom. The molecule has 0 saturated heterocycles. The van der Waals surface area contributed by atoms with Crippen LogP contribution in [0.5, 0.6) is 11.5 Å². The van der Waals surface area contributed by atoms with Crippen LogP contribution in [0.25, 0.3) is 0 Å². The molecule has 0 amide bonds. The van der Waals surface area contributed by atoms with Gasteiger partial charge >= 0.3 is 0 Å². The van der Waals surface area contributed by atoms with Crippen molar-refractivity contribution in [2.75, 3.05) is 13.2 Å². The number of hydrogen-bond donors (Lipinski definition) is 0. The summed E-state index contributed by atoms with van der Waals surface area (Å²) in [7, 11) is 0. The minimum atomic E-state index is 0.754. The van der Waals surface area contributed by atoms with Gasteiger partial charge in [-0.3, -0.25) is 0 Å². The van der Waals surface area contributed by atoms with E-state index in [2.05, 4.69) is 52.4 Å². The molecule has 0 bridgehead atoms. The van der Waals surface area contributed by atoms with Crippen molar-refractivity contribution >= 4 is 38.5 Å². The fourth-order valence-electron chi connectivity index (χ4n) is 1.38. The first kappa shape index (κ1) is 16.1. The minimum absolute atomic E-state index is 0.754. The van der Waals surface area contributed by atoms with E-state index in [1.54, 1.807) is 0 Å². The maximum Gasteiger partial charge on any atom is 0.137 e. The summed E-state index contributed by atoms with van der Waals surface area (Å²) in [6, 6.07) is 4.03. The van der Waals surface area contributed by atoms with Crippen molar-refractivity contribution in [2.24, 2.45) is 0 Å². The quantitative estimate of drug-likeness (QED) is 0.408. The third kappa shape index (κ3) is 5.34. The maximum atomic E-state index is 5.77. The lowest BCUT2D eigenvalue weighted by atomic mass is 10.3. The normalized spacial score (nSPS) is 10.4. The fraction of sp³-hybridized carbons (Fsp3) is 0.571. The molecule has 0 aliphatic heterocycles. The van der Waals surface area contributed by atoms with E-state index in [9.17, 15) is 0 Å². The highest BCUT2D eigenvalue weighted by atomic mass is 127. The number of halogens is 2. The number of ether oxygens (including phenoxy) is 2. The first-order chi connectivity index (χ1) is 8.69. The number of rotatable bonds is 8. The van der Waals surface area contributed by atoms with Gasteiger partial charge in [-0.1, -0.05) is 26.7 Å². The van der Waals surface area contributed by atoms with E-state index in [-0.39, 0.29) is 0 Å². The zero-order chi connectivity index (χ0) is 13.4. The summed E-state index contributed by atoms with van der Waals surface area (Å²) < 4.78 is 13.6. The molecule has 2 nitrogen and oxygen atoms in total. The molecular weight excluding hydrogens is 407 g/mol. The highest BCUT2D eigenvalue weighted by Crippen LogP contribution is 2.34. The van der Waals surface area contributed by atoms with Gasteiger partial charge in [0, 0.05) is 6.07 Å². The average Bonchev–Trinajstić information content (AvgIpc) is 2.34. The smallest absolute Gasteiger partial charge is 0.137 e. The van der Waals surface area contributed by atoms with Crippen molar-refractivity contribution in [1.29, 1.82) is 0 Å². The van der Waals surface area contributed by atoms with Crippen molar-refractivity contribution in [2.45, 2.75) is 39.5 Å². The van der Waals surface area contributed by atoms with Crippen molar-refractivity contribution in [3.8, 4) is 11.5 Å². The van der Waals surface area contributed by atoms with Gasteiger partial charge in [-0.15, -0.1) is 0 Å². The van der Waals surface area contributed by atoms with Crippen LogP contribution in [0.1, 0.15) is 39.5 Å². The van der Waals surface area contributed by atoms with Crippen LogP contribution in [0.15, 0.2) is 16.6 Å². The van der Waals surface area contributed by atoms with Gasteiger partial charge in [0.15, 0.2) is 0 Å². The molecule has 0 fully saturated rings. The highest BCUT2D eigenvalue weighted by molar-refractivity contribution is 14.1. The van der Waals surface area contributed by atoms with Gasteiger partial charge in [-0.05, 0) is 57.4 Å². The first-order valence-electron chi connectivity index (χ1n) is 6.43. The molecule has 1 rings (SSSR count). The van der Waals surface area contributed by atoms with E-state index < -0.39 is 0 Å². The molecule has 0 atom stereocenters. The van der Waals surface area contributed by atoms with E-state index in [4.69, 9.17) is 9.47 Å². The van der Waals surface area contributed by atoms with Crippen LogP contribution in [0.2, 0.25) is 0 Å². The molecular formula is C14H20BrIO2. The molecule has 4 heteroatoms. The lowest BCUT2D eigenvalue weighted by Crippen LogP contribution is -2.01. The summed E-state index contributed by atoms with van der Waals surface area (Å²) in [5.74, 6) is 1.79. The van der Waals surface area contributed by atoms with Crippen molar-refractivity contribution in [3.05, 3.63) is 20.2 Å². The molecule has 0 N–H and O–H groups in total. The first-order valence-corrected chi connectivity index (χ1v) is 8.30. The Kier molecular flexibility index (Phi) is 8.06. The van der Waals surface area contributed by atoms with Crippen LogP contribution in [-0.2, 0) is 0 Å². The van der Waals surface area contributed by atoms with Gasteiger partial charge < -0.3 is 9.47 Å². The Balaban J connectivity index is 2.68. The molecule has 0 spiro atoms. The minimum Gasteiger partial charge on any atom is -0.492 e. The molecule has 0 aliphatic rings. The molecule has 0 unspecified atom stereocenters. The predicted molar refractivity (Wildman–Crippen MR) is 87.7 cm³/mol. The molecule has 18 heavy (non-hydrogen) atoms. The van der Waals surface area contributed by atoms with E-state index in [1.807, 2.05) is 12.1 Å². The topological polar surface area (TPSA) is 18.5 Å². The molecule has 1 aromatic carbocycles. The third-order valence-electron chi connectivity index (χ3n) is 2.50. The summed E-state index contributed by atoms with van der Waals surface area (Å²) in [6.45, 7) is 5.84. The summed E-state index contributed by atoms with van der Waals surface area (Å²) in [5, 5.41) is 0. The van der Waals surface area contributed by atoms with Crippen LogP contribution < -0.4 is 9.47 Å². The van der Waals surface area contributed by atoms with Gasteiger partial charge in [-0.25, -0.2) is 0 Å². The van der Waals surface area contributed by atoms with Crippen molar-refractivity contribution in [1.82, 2.24) is 0 Å². The second-order valence-corrected chi connectivity index (χ2v) is 6.13. The Hall–Kier alpha value is 0.0300. The van der Waals surface area contributed by atoms with Crippen LogP contribution in [0.4, 0.5) is 0 Å².